The van der Waals surface area contributed by atoms with Crippen molar-refractivity contribution in [2.45, 2.75) is 33.1 Å². The number of nitrogens with one attached hydrogen (secondary N) is 2. The number of carbonyl (C=O) groups excluding carboxylic acids is 1. The van der Waals surface area contributed by atoms with Gasteiger partial charge in [0.05, 0.1) is 37.5 Å². The molecule has 0 bridgehead atoms. The monoisotopic (exact) mass is 548 g/mol. The second-order valence-electron chi connectivity index (χ2n) is 10.0. The Labute approximate surface area is 230 Å². The molecule has 39 heavy (non-hydrogen) atoms. The van der Waals surface area contributed by atoms with Crippen molar-refractivity contribution in [2.75, 3.05) is 30.5 Å². The van der Waals surface area contributed by atoms with Gasteiger partial charge in [-0.15, -0.1) is 5.10 Å². The van der Waals surface area contributed by atoms with Crippen molar-refractivity contribution in [3.63, 3.8) is 0 Å². The summed E-state index contributed by atoms with van der Waals surface area (Å²) in [4.78, 5) is 17.7. The highest BCUT2D eigenvalue weighted by Crippen LogP contribution is 2.39. The molecule has 0 fully saturated rings. The molecule has 0 saturated heterocycles. The van der Waals surface area contributed by atoms with E-state index >= 15 is 0 Å². The number of aryl methyl sites for hydroxylation is 1. The molecule has 2 heterocycles. The Morgan fingerprint density at radius 1 is 1.03 bits per heavy atom. The van der Waals surface area contributed by atoms with E-state index in [1.807, 2.05) is 31.2 Å². The van der Waals surface area contributed by atoms with Crippen LogP contribution in [0.2, 0.25) is 0 Å². The van der Waals surface area contributed by atoms with Gasteiger partial charge in [0.1, 0.15) is 16.7 Å². The molecule has 10 nitrogen and oxygen atoms in total. The number of hydrogen-bond donors (Lipinski definition) is 2. The molecule has 2 aromatic heterocycles. The predicted octanol–water partition coefficient (Wildman–Crippen LogP) is 4.91. The number of rotatable bonds is 8. The lowest BCUT2D eigenvalue weighted by molar-refractivity contribution is 0.102. The molecule has 4 rings (SSSR count). The van der Waals surface area contributed by atoms with Gasteiger partial charge in [0.2, 0.25) is 5.88 Å². The van der Waals surface area contributed by atoms with Crippen molar-refractivity contribution in [1.82, 2.24) is 20.0 Å². The first-order chi connectivity index (χ1) is 18.5. The molecule has 0 aliphatic rings. The van der Waals surface area contributed by atoms with Crippen molar-refractivity contribution in [2.24, 2.45) is 0 Å². The van der Waals surface area contributed by atoms with Crippen LogP contribution in [0.1, 0.15) is 42.3 Å². The van der Waals surface area contributed by atoms with Crippen LogP contribution in [-0.2, 0) is 16.4 Å². The minimum Gasteiger partial charge on any atom is -0.492 e. The predicted molar refractivity (Wildman–Crippen MR) is 153 cm³/mol. The first kappa shape index (κ1) is 27.8. The van der Waals surface area contributed by atoms with Crippen LogP contribution in [-0.4, -0.2) is 50.6 Å². The van der Waals surface area contributed by atoms with E-state index < -0.39 is 11.0 Å². The summed E-state index contributed by atoms with van der Waals surface area (Å²) in [5.41, 5.74) is 5.21. The fraction of sp³-hybridized carbons (Fsp3) is 0.286. The summed E-state index contributed by atoms with van der Waals surface area (Å²) in [7, 11) is 1.74. The second-order valence-corrected chi connectivity index (χ2v) is 11.1. The zero-order valence-electron chi connectivity index (χ0n) is 23.0. The molecule has 11 heteroatoms. The van der Waals surface area contributed by atoms with Crippen LogP contribution in [0.15, 0.2) is 54.9 Å². The summed E-state index contributed by atoms with van der Waals surface area (Å²) >= 11 is 0. The topological polar surface area (TPSA) is 120 Å². The molecule has 204 valence electrons. The Hall–Kier alpha value is -4.25. The van der Waals surface area contributed by atoms with E-state index in [4.69, 9.17) is 9.47 Å². The summed E-state index contributed by atoms with van der Waals surface area (Å²) in [6.45, 7) is 8.13. The van der Waals surface area contributed by atoms with Crippen molar-refractivity contribution in [1.29, 1.82) is 0 Å². The summed E-state index contributed by atoms with van der Waals surface area (Å²) in [5.74, 6) is 0.577. The number of pyridine rings is 1. The van der Waals surface area contributed by atoms with Crippen LogP contribution in [0.4, 0.5) is 11.4 Å². The summed E-state index contributed by atoms with van der Waals surface area (Å²) in [6, 6.07) is 12.7. The van der Waals surface area contributed by atoms with Crippen LogP contribution in [0.3, 0.4) is 0 Å². The standard InChI is InChI=1S/C28H32N6O4S/c1-17-8-9-18(12-24(17)34-16-23(31-33-34)19-10-11-25(37-5)29-15-19)27(35)30-21-13-20(28(2,3)4)14-22(26(21)38-6)32-39(7)36/h8-16,32H,1-7H3,(H,30,35). The van der Waals surface area contributed by atoms with Crippen molar-refractivity contribution < 1.29 is 18.5 Å². The zero-order chi connectivity index (χ0) is 28.3. The van der Waals surface area contributed by atoms with Crippen LogP contribution >= 0.6 is 0 Å². The molecule has 2 N–H and O–H groups in total. The first-order valence-electron chi connectivity index (χ1n) is 12.2. The number of nitrogens with zero attached hydrogens (tertiary/aromatic N) is 4. The van der Waals surface area contributed by atoms with Gasteiger partial charge in [-0.25, -0.2) is 13.9 Å². The fourth-order valence-corrected chi connectivity index (χ4v) is 4.42. The Morgan fingerprint density at radius 2 is 1.77 bits per heavy atom. The Balaban J connectivity index is 1.67. The Morgan fingerprint density at radius 3 is 2.38 bits per heavy atom. The maximum Gasteiger partial charge on any atom is 0.255 e. The minimum absolute atomic E-state index is 0.224. The van der Waals surface area contributed by atoms with Crippen molar-refractivity contribution in [3.8, 4) is 28.6 Å². The smallest absolute Gasteiger partial charge is 0.255 e. The maximum absolute atomic E-state index is 13.4. The fourth-order valence-electron chi connectivity index (χ4n) is 3.96. The largest absolute Gasteiger partial charge is 0.492 e. The molecule has 1 amide bonds. The quantitative estimate of drug-likeness (QED) is 0.321. The molecule has 0 spiro atoms. The van der Waals surface area contributed by atoms with Gasteiger partial charge in [-0.3, -0.25) is 4.79 Å². The van der Waals surface area contributed by atoms with Gasteiger partial charge < -0.3 is 19.5 Å². The molecule has 0 aliphatic carbocycles. The van der Waals surface area contributed by atoms with Crippen molar-refractivity contribution >= 4 is 28.3 Å². The lowest BCUT2D eigenvalue weighted by Gasteiger charge is -2.24. The SMILES string of the molecule is COc1ccc(-c2cn(-c3cc(C(=O)Nc4cc(C(C)(C)C)cc(NS(C)=O)c4OC)ccc3C)nn2)cn1. The molecule has 1 unspecified atom stereocenters. The van der Waals surface area contributed by atoms with Gasteiger partial charge in [-0.05, 0) is 53.8 Å². The van der Waals surface area contributed by atoms with E-state index in [0.29, 0.717) is 39.9 Å². The van der Waals surface area contributed by atoms with E-state index in [1.165, 1.54) is 13.4 Å². The highest BCUT2D eigenvalue weighted by molar-refractivity contribution is 7.85. The van der Waals surface area contributed by atoms with Gasteiger partial charge >= 0.3 is 0 Å². The number of carbonyl (C=O) groups is 1. The number of methoxy groups -OCH3 is 2. The first-order valence-corrected chi connectivity index (χ1v) is 13.7. The molecular weight excluding hydrogens is 516 g/mol. The van der Waals surface area contributed by atoms with Crippen LogP contribution < -0.4 is 19.5 Å². The van der Waals surface area contributed by atoms with E-state index in [0.717, 1.165) is 16.7 Å². The average molecular weight is 549 g/mol. The average Bonchev–Trinajstić information content (AvgIpc) is 3.38. The van der Waals surface area contributed by atoms with Crippen molar-refractivity contribution in [3.05, 3.63) is 71.5 Å². The minimum atomic E-state index is -1.33. The maximum atomic E-state index is 13.4. The normalized spacial score (nSPS) is 12.1. The Kier molecular flexibility index (Phi) is 8.01. The zero-order valence-corrected chi connectivity index (χ0v) is 23.8. The van der Waals surface area contributed by atoms with Crippen LogP contribution in [0.25, 0.3) is 16.9 Å². The number of ether oxygens (including phenoxy) is 2. The Bertz CT molecular complexity index is 1530. The molecule has 2 aromatic carbocycles. The van der Waals surface area contributed by atoms with Gasteiger partial charge in [-0.1, -0.05) is 32.1 Å². The number of hydrogen-bond acceptors (Lipinski definition) is 7. The second kappa shape index (κ2) is 11.2. The third-order valence-corrected chi connectivity index (χ3v) is 6.62. The van der Waals surface area contributed by atoms with Gasteiger partial charge in [0.25, 0.3) is 5.91 Å². The number of aromatic nitrogens is 4. The third kappa shape index (κ3) is 6.26. The number of amides is 1. The molecule has 4 aromatic rings. The van der Waals surface area contributed by atoms with Gasteiger partial charge in [0.15, 0.2) is 5.75 Å². The summed E-state index contributed by atoms with van der Waals surface area (Å²) in [5, 5.41) is 11.5. The lowest BCUT2D eigenvalue weighted by Crippen LogP contribution is -2.17. The van der Waals surface area contributed by atoms with E-state index in [1.54, 1.807) is 42.4 Å². The third-order valence-electron chi connectivity index (χ3n) is 6.11. The summed E-state index contributed by atoms with van der Waals surface area (Å²) < 4.78 is 27.2. The molecular formula is C28H32N6O4S. The summed E-state index contributed by atoms with van der Waals surface area (Å²) in [6.07, 6.45) is 4.99. The number of anilines is 2. The van der Waals surface area contributed by atoms with E-state index in [-0.39, 0.29) is 11.3 Å². The lowest BCUT2D eigenvalue weighted by atomic mass is 9.86. The highest BCUT2D eigenvalue weighted by Gasteiger charge is 2.22. The molecule has 1 atom stereocenters. The van der Waals surface area contributed by atoms with E-state index in [2.05, 4.69) is 46.1 Å². The van der Waals surface area contributed by atoms with Gasteiger partial charge in [0, 0.05) is 29.6 Å². The molecule has 0 radical (unpaired) electrons. The van der Waals surface area contributed by atoms with Crippen LogP contribution in [0, 0.1) is 6.92 Å². The molecule has 0 saturated carbocycles. The highest BCUT2D eigenvalue weighted by atomic mass is 32.2. The number of benzene rings is 2. The van der Waals surface area contributed by atoms with Crippen LogP contribution in [0.5, 0.6) is 11.6 Å². The van der Waals surface area contributed by atoms with Gasteiger partial charge in [-0.2, -0.15) is 0 Å². The van der Waals surface area contributed by atoms with E-state index in [9.17, 15) is 9.00 Å². The molecule has 0 aliphatic heterocycles.